The molecule has 100 valence electrons. The van der Waals surface area contributed by atoms with Gasteiger partial charge in [-0.3, -0.25) is 4.79 Å². The highest BCUT2D eigenvalue weighted by molar-refractivity contribution is 5.88. The largest absolute Gasteiger partial charge is 0.444 e. The number of alkyl carbamates (subject to hydrolysis) is 1. The zero-order chi connectivity index (χ0) is 13.8. The van der Waals surface area contributed by atoms with Gasteiger partial charge in [-0.15, -0.1) is 6.42 Å². The minimum absolute atomic E-state index is 0.0484. The molecule has 1 saturated carbocycles. The Labute approximate surface area is 108 Å². The molecule has 18 heavy (non-hydrogen) atoms. The zero-order valence-corrected chi connectivity index (χ0v) is 11.3. The molecule has 0 saturated heterocycles. The number of rotatable bonds is 4. The third-order valence-corrected chi connectivity index (χ3v) is 3.13. The summed E-state index contributed by atoms with van der Waals surface area (Å²) < 4.78 is 5.14. The van der Waals surface area contributed by atoms with E-state index in [1.165, 1.54) is 0 Å². The molecule has 1 amide bonds. The maximum atomic E-state index is 11.9. The minimum atomic E-state index is -0.528. The van der Waals surface area contributed by atoms with Crippen LogP contribution in [0, 0.1) is 17.8 Å². The van der Waals surface area contributed by atoms with Crippen molar-refractivity contribution in [2.24, 2.45) is 5.41 Å². The van der Waals surface area contributed by atoms with Crippen molar-refractivity contribution in [3.05, 3.63) is 0 Å². The Morgan fingerprint density at radius 3 is 2.39 bits per heavy atom. The number of carbonyl (C=O) groups excluding carboxylic acids is 2. The van der Waals surface area contributed by atoms with Crippen molar-refractivity contribution in [3.63, 3.8) is 0 Å². The van der Waals surface area contributed by atoms with E-state index in [-0.39, 0.29) is 12.2 Å². The maximum absolute atomic E-state index is 11.9. The molecule has 4 nitrogen and oxygen atoms in total. The Bertz CT molecular complexity index is 369. The van der Waals surface area contributed by atoms with Crippen molar-refractivity contribution in [1.29, 1.82) is 0 Å². The summed E-state index contributed by atoms with van der Waals surface area (Å²) >= 11 is 0. The fourth-order valence-electron chi connectivity index (χ4n) is 1.99. The van der Waals surface area contributed by atoms with Gasteiger partial charge >= 0.3 is 6.09 Å². The predicted octanol–water partition coefficient (Wildman–Crippen LogP) is 2.27. The van der Waals surface area contributed by atoms with Gasteiger partial charge < -0.3 is 10.1 Å². The summed E-state index contributed by atoms with van der Waals surface area (Å²) in [6.07, 6.45) is 7.41. The molecule has 0 atom stereocenters. The first-order valence-electron chi connectivity index (χ1n) is 6.23. The minimum Gasteiger partial charge on any atom is -0.444 e. The van der Waals surface area contributed by atoms with E-state index in [2.05, 4.69) is 11.2 Å². The highest BCUT2D eigenvalue weighted by Gasteiger charge is 2.43. The lowest BCUT2D eigenvalue weighted by molar-refractivity contribution is -0.132. The summed E-state index contributed by atoms with van der Waals surface area (Å²) in [5.41, 5.74) is -0.983. The first-order chi connectivity index (χ1) is 8.29. The second-order valence-corrected chi connectivity index (χ2v) is 5.79. The monoisotopic (exact) mass is 251 g/mol. The van der Waals surface area contributed by atoms with Crippen molar-refractivity contribution in [1.82, 2.24) is 5.32 Å². The van der Waals surface area contributed by atoms with Crippen LogP contribution in [-0.2, 0) is 9.53 Å². The molecule has 1 N–H and O–H groups in total. The van der Waals surface area contributed by atoms with Crippen LogP contribution in [-0.4, -0.2) is 24.0 Å². The van der Waals surface area contributed by atoms with E-state index in [0.29, 0.717) is 6.54 Å². The molecule has 0 heterocycles. The van der Waals surface area contributed by atoms with Crippen LogP contribution in [0.15, 0.2) is 0 Å². The van der Waals surface area contributed by atoms with Gasteiger partial charge in [-0.25, -0.2) is 4.79 Å². The average Bonchev–Trinajstić information content (AvgIpc) is 2.13. The molecule has 0 radical (unpaired) electrons. The Kier molecular flexibility index (Phi) is 4.39. The lowest BCUT2D eigenvalue weighted by atomic mass is 9.65. The van der Waals surface area contributed by atoms with Gasteiger partial charge in [0.25, 0.3) is 0 Å². The van der Waals surface area contributed by atoms with Crippen LogP contribution >= 0.6 is 0 Å². The molecular weight excluding hydrogens is 230 g/mol. The fraction of sp³-hybridized carbons (Fsp3) is 0.714. The molecule has 0 aromatic carbocycles. The molecule has 1 aliphatic carbocycles. The first kappa shape index (κ1) is 14.6. The SMILES string of the molecule is C#CCC(=O)C1(CNC(=O)OC(C)(C)C)CCC1. The molecule has 1 rings (SSSR count). The van der Waals surface area contributed by atoms with Crippen molar-refractivity contribution >= 4 is 11.9 Å². The molecule has 1 aliphatic rings. The summed E-state index contributed by atoms with van der Waals surface area (Å²) in [6, 6.07) is 0. The summed E-state index contributed by atoms with van der Waals surface area (Å²) in [5, 5.41) is 2.67. The Hall–Kier alpha value is -1.50. The van der Waals surface area contributed by atoms with Crippen molar-refractivity contribution < 1.29 is 14.3 Å². The fourth-order valence-corrected chi connectivity index (χ4v) is 1.99. The van der Waals surface area contributed by atoms with Crippen LogP contribution in [0.4, 0.5) is 4.79 Å². The Balaban J connectivity index is 2.48. The summed E-state index contributed by atoms with van der Waals surface area (Å²) in [5.74, 6) is 2.42. The van der Waals surface area contributed by atoms with Crippen LogP contribution in [0.25, 0.3) is 0 Å². The number of hydrogen-bond donors (Lipinski definition) is 1. The van der Waals surface area contributed by atoms with Gasteiger partial charge in [-0.05, 0) is 33.6 Å². The maximum Gasteiger partial charge on any atom is 0.407 e. The average molecular weight is 251 g/mol. The number of ether oxygens (including phenoxy) is 1. The number of nitrogens with one attached hydrogen (secondary N) is 1. The Morgan fingerprint density at radius 1 is 1.39 bits per heavy atom. The standard InChI is InChI=1S/C14H21NO3/c1-5-7-11(16)14(8-6-9-14)10-15-12(17)18-13(2,3)4/h1H,6-10H2,2-4H3,(H,15,17). The van der Waals surface area contributed by atoms with Crippen LogP contribution < -0.4 is 5.32 Å². The second-order valence-electron chi connectivity index (χ2n) is 5.79. The summed E-state index contributed by atoms with van der Waals surface area (Å²) in [6.45, 7) is 5.72. The van der Waals surface area contributed by atoms with Crippen LogP contribution in [0.2, 0.25) is 0 Å². The zero-order valence-electron chi connectivity index (χ0n) is 11.3. The molecule has 0 aromatic heterocycles. The predicted molar refractivity (Wildman–Crippen MR) is 69.0 cm³/mol. The van der Waals surface area contributed by atoms with Gasteiger partial charge in [0, 0.05) is 12.0 Å². The van der Waals surface area contributed by atoms with Crippen LogP contribution in [0.3, 0.4) is 0 Å². The number of carbonyl (C=O) groups is 2. The molecule has 4 heteroatoms. The quantitative estimate of drug-likeness (QED) is 0.780. The topological polar surface area (TPSA) is 55.4 Å². The first-order valence-corrected chi connectivity index (χ1v) is 6.23. The lowest BCUT2D eigenvalue weighted by Crippen LogP contribution is -2.48. The smallest absolute Gasteiger partial charge is 0.407 e. The Morgan fingerprint density at radius 2 is 2.00 bits per heavy atom. The van der Waals surface area contributed by atoms with Gasteiger partial charge in [0.05, 0.1) is 6.42 Å². The van der Waals surface area contributed by atoms with E-state index in [4.69, 9.17) is 11.2 Å². The van der Waals surface area contributed by atoms with Crippen LogP contribution in [0.5, 0.6) is 0 Å². The van der Waals surface area contributed by atoms with Gasteiger partial charge in [-0.2, -0.15) is 0 Å². The molecule has 0 bridgehead atoms. The van der Waals surface area contributed by atoms with Gasteiger partial charge in [0.2, 0.25) is 0 Å². The van der Waals surface area contributed by atoms with Gasteiger partial charge in [0.15, 0.2) is 5.78 Å². The molecule has 1 fully saturated rings. The number of amides is 1. The van der Waals surface area contributed by atoms with Crippen molar-refractivity contribution in [2.45, 2.75) is 52.1 Å². The van der Waals surface area contributed by atoms with Gasteiger partial charge in [-0.1, -0.05) is 12.3 Å². The second kappa shape index (κ2) is 5.43. The number of hydrogen-bond acceptors (Lipinski definition) is 3. The van der Waals surface area contributed by atoms with Crippen molar-refractivity contribution in [2.75, 3.05) is 6.54 Å². The highest BCUT2D eigenvalue weighted by Crippen LogP contribution is 2.41. The van der Waals surface area contributed by atoms with E-state index in [9.17, 15) is 9.59 Å². The van der Waals surface area contributed by atoms with Crippen molar-refractivity contribution in [3.8, 4) is 12.3 Å². The van der Waals surface area contributed by atoms with Gasteiger partial charge in [0.1, 0.15) is 5.60 Å². The van der Waals surface area contributed by atoms with E-state index in [1.54, 1.807) is 20.8 Å². The summed E-state index contributed by atoms with van der Waals surface area (Å²) in [7, 11) is 0. The van der Waals surface area contributed by atoms with E-state index in [0.717, 1.165) is 19.3 Å². The number of terminal acetylenes is 1. The molecule has 0 aliphatic heterocycles. The highest BCUT2D eigenvalue weighted by atomic mass is 16.6. The van der Waals surface area contributed by atoms with Crippen LogP contribution in [0.1, 0.15) is 46.5 Å². The molecular formula is C14H21NO3. The summed E-state index contributed by atoms with van der Waals surface area (Å²) in [4.78, 5) is 23.5. The molecule has 0 spiro atoms. The van der Waals surface area contributed by atoms with E-state index in [1.807, 2.05) is 0 Å². The third kappa shape index (κ3) is 3.76. The van der Waals surface area contributed by atoms with E-state index >= 15 is 0 Å². The normalized spacial score (nSPS) is 17.2. The van der Waals surface area contributed by atoms with E-state index < -0.39 is 17.1 Å². The number of Topliss-reactive ketones (excluding diaryl/α,β-unsaturated/α-hetero) is 1. The molecule has 0 unspecified atom stereocenters. The lowest BCUT2D eigenvalue weighted by Gasteiger charge is -2.40. The molecule has 0 aromatic rings. The third-order valence-electron chi connectivity index (χ3n) is 3.13. The number of ketones is 1.